The number of benzene rings is 1. The van der Waals surface area contributed by atoms with Gasteiger partial charge in [-0.2, -0.15) is 4.31 Å². The number of aromatic nitrogens is 2. The maximum atomic E-state index is 12.9. The van der Waals surface area contributed by atoms with E-state index in [2.05, 4.69) is 21.6 Å². The van der Waals surface area contributed by atoms with Crippen molar-refractivity contribution in [1.29, 1.82) is 0 Å². The minimum absolute atomic E-state index is 0.0882. The summed E-state index contributed by atoms with van der Waals surface area (Å²) >= 11 is 1.16. The minimum atomic E-state index is -3.62. The number of thioether (sulfide) groups is 1. The molecule has 0 spiro atoms. The van der Waals surface area contributed by atoms with Crippen molar-refractivity contribution in [2.45, 2.75) is 42.2 Å². The van der Waals surface area contributed by atoms with Crippen LogP contribution in [0.1, 0.15) is 32.1 Å². The summed E-state index contributed by atoms with van der Waals surface area (Å²) in [6.07, 6.45) is 7.94. The van der Waals surface area contributed by atoms with Crippen LogP contribution in [0.25, 0.3) is 11.5 Å². The summed E-state index contributed by atoms with van der Waals surface area (Å²) in [5.74, 6) is 0.294. The Kier molecular flexibility index (Phi) is 8.18. The largest absolute Gasteiger partial charge is 0.411 e. The predicted octanol–water partition coefficient (Wildman–Crippen LogP) is 2.86. The van der Waals surface area contributed by atoms with Crippen molar-refractivity contribution in [3.63, 3.8) is 0 Å². The van der Waals surface area contributed by atoms with Crippen LogP contribution < -0.4 is 5.32 Å². The molecule has 1 aromatic carbocycles. The lowest BCUT2D eigenvalue weighted by Crippen LogP contribution is -2.40. The Morgan fingerprint density at radius 1 is 1.18 bits per heavy atom. The van der Waals surface area contributed by atoms with Crippen molar-refractivity contribution in [2.75, 3.05) is 38.6 Å². The maximum Gasteiger partial charge on any atom is 0.277 e. The molecule has 1 aliphatic carbocycles. The van der Waals surface area contributed by atoms with Gasteiger partial charge in [-0.25, -0.2) is 8.42 Å². The van der Waals surface area contributed by atoms with E-state index in [0.717, 1.165) is 31.0 Å². The van der Waals surface area contributed by atoms with E-state index in [9.17, 15) is 13.2 Å². The van der Waals surface area contributed by atoms with E-state index in [0.29, 0.717) is 38.4 Å². The fourth-order valence-corrected chi connectivity index (χ4v) is 5.83. The fourth-order valence-electron chi connectivity index (χ4n) is 3.78. The summed E-state index contributed by atoms with van der Waals surface area (Å²) in [6.45, 7) is 2.05. The van der Waals surface area contributed by atoms with Crippen molar-refractivity contribution in [3.05, 3.63) is 35.9 Å². The molecule has 2 heterocycles. The van der Waals surface area contributed by atoms with E-state index in [4.69, 9.17) is 9.15 Å². The van der Waals surface area contributed by atoms with Crippen molar-refractivity contribution in [1.82, 2.24) is 19.8 Å². The van der Waals surface area contributed by atoms with Gasteiger partial charge in [-0.1, -0.05) is 29.5 Å². The maximum absolute atomic E-state index is 12.9. The summed E-state index contributed by atoms with van der Waals surface area (Å²) in [5, 5.41) is 11.2. The average Bonchev–Trinajstić information content (AvgIpc) is 3.33. The fraction of sp³-hybridized carbons (Fsp3) is 0.500. The normalized spacial score (nSPS) is 17.5. The van der Waals surface area contributed by atoms with E-state index in [1.165, 1.54) is 28.8 Å². The lowest BCUT2D eigenvalue weighted by molar-refractivity contribution is -0.118. The zero-order chi connectivity index (χ0) is 23.1. The number of rotatable bonds is 9. The Hall–Kier alpha value is -2.21. The molecule has 1 saturated heterocycles. The summed E-state index contributed by atoms with van der Waals surface area (Å²) in [4.78, 5) is 12.3. The van der Waals surface area contributed by atoms with Gasteiger partial charge in [0, 0.05) is 25.2 Å². The SMILES string of the molecule is O=C(CSc1nnc(-c2cccc(S(=O)(=O)N3CCOCC3)c2)o1)NCCC1=CCCCC1. The molecular weight excluding hydrogens is 464 g/mol. The third-order valence-corrected chi connectivity index (χ3v) is 8.29. The number of amides is 1. The Bertz CT molecular complexity index is 1090. The monoisotopic (exact) mass is 492 g/mol. The first-order valence-electron chi connectivity index (χ1n) is 11.1. The number of sulfonamides is 1. The molecule has 0 atom stereocenters. The Labute approximate surface area is 198 Å². The molecule has 11 heteroatoms. The van der Waals surface area contributed by atoms with Crippen LogP contribution in [0, 0.1) is 0 Å². The second-order valence-corrected chi connectivity index (χ2v) is 10.8. The van der Waals surface area contributed by atoms with Crippen LogP contribution in [0.2, 0.25) is 0 Å². The number of hydrogen-bond acceptors (Lipinski definition) is 8. The van der Waals surface area contributed by atoms with E-state index in [-0.39, 0.29) is 27.7 Å². The van der Waals surface area contributed by atoms with Crippen LogP contribution in [0.4, 0.5) is 0 Å². The molecule has 0 saturated carbocycles. The van der Waals surface area contributed by atoms with E-state index < -0.39 is 10.0 Å². The molecule has 1 aliphatic heterocycles. The van der Waals surface area contributed by atoms with Gasteiger partial charge in [0.1, 0.15) is 0 Å². The number of nitrogens with zero attached hydrogens (tertiary/aromatic N) is 3. The summed E-state index contributed by atoms with van der Waals surface area (Å²) < 4.78 is 38.1. The topological polar surface area (TPSA) is 115 Å². The van der Waals surface area contributed by atoms with Gasteiger partial charge in [0.15, 0.2) is 0 Å². The lowest BCUT2D eigenvalue weighted by Gasteiger charge is -2.26. The number of hydrogen-bond donors (Lipinski definition) is 1. The summed E-state index contributed by atoms with van der Waals surface area (Å²) in [7, 11) is -3.62. The molecule has 0 bridgehead atoms. The zero-order valence-corrected chi connectivity index (χ0v) is 20.0. The van der Waals surface area contributed by atoms with Gasteiger partial charge < -0.3 is 14.5 Å². The molecule has 33 heavy (non-hydrogen) atoms. The Morgan fingerprint density at radius 2 is 2.03 bits per heavy atom. The van der Waals surface area contributed by atoms with Gasteiger partial charge in [-0.15, -0.1) is 10.2 Å². The van der Waals surface area contributed by atoms with E-state index in [1.54, 1.807) is 18.2 Å². The quantitative estimate of drug-likeness (QED) is 0.420. The second kappa shape index (κ2) is 11.3. The molecule has 2 aliphatic rings. The Morgan fingerprint density at radius 3 is 2.82 bits per heavy atom. The first kappa shape index (κ1) is 23.9. The van der Waals surface area contributed by atoms with Crippen LogP contribution in [-0.4, -0.2) is 67.4 Å². The van der Waals surface area contributed by atoms with Crippen LogP contribution in [-0.2, 0) is 19.6 Å². The van der Waals surface area contributed by atoms with Crippen molar-refractivity contribution < 1.29 is 22.4 Å². The van der Waals surface area contributed by atoms with Crippen molar-refractivity contribution >= 4 is 27.7 Å². The summed E-state index contributed by atoms with van der Waals surface area (Å²) in [5.41, 5.74) is 1.93. The van der Waals surface area contributed by atoms with Crippen LogP contribution >= 0.6 is 11.8 Å². The van der Waals surface area contributed by atoms with Gasteiger partial charge in [0.2, 0.25) is 21.8 Å². The highest BCUT2D eigenvalue weighted by Gasteiger charge is 2.27. The van der Waals surface area contributed by atoms with E-state index in [1.807, 2.05) is 0 Å². The number of carbonyl (C=O) groups excluding carboxylic acids is 1. The van der Waals surface area contributed by atoms with Crippen molar-refractivity contribution in [2.24, 2.45) is 0 Å². The van der Waals surface area contributed by atoms with Crippen LogP contribution in [0.3, 0.4) is 0 Å². The molecule has 1 N–H and O–H groups in total. The first-order valence-corrected chi connectivity index (χ1v) is 13.5. The van der Waals surface area contributed by atoms with Gasteiger partial charge in [0.25, 0.3) is 5.22 Å². The van der Waals surface area contributed by atoms with Gasteiger partial charge >= 0.3 is 0 Å². The predicted molar refractivity (Wildman–Crippen MR) is 124 cm³/mol. The molecule has 1 fully saturated rings. The highest BCUT2D eigenvalue weighted by atomic mass is 32.2. The molecule has 1 aromatic heterocycles. The Balaban J connectivity index is 1.31. The molecule has 9 nitrogen and oxygen atoms in total. The zero-order valence-electron chi connectivity index (χ0n) is 18.4. The summed E-state index contributed by atoms with van der Waals surface area (Å²) in [6, 6.07) is 6.44. The highest BCUT2D eigenvalue weighted by molar-refractivity contribution is 7.99. The lowest BCUT2D eigenvalue weighted by atomic mass is 9.97. The minimum Gasteiger partial charge on any atom is -0.411 e. The molecule has 2 aromatic rings. The third-order valence-electron chi connectivity index (χ3n) is 5.58. The molecule has 178 valence electrons. The van der Waals surface area contributed by atoms with Crippen LogP contribution in [0.15, 0.2) is 50.4 Å². The number of carbonyl (C=O) groups is 1. The smallest absolute Gasteiger partial charge is 0.277 e. The van der Waals surface area contributed by atoms with Crippen molar-refractivity contribution in [3.8, 4) is 11.5 Å². The second-order valence-electron chi connectivity index (χ2n) is 7.91. The van der Waals surface area contributed by atoms with Gasteiger partial charge in [-0.3, -0.25) is 4.79 Å². The number of ether oxygens (including phenoxy) is 1. The number of allylic oxidation sites excluding steroid dienone is 1. The molecule has 0 unspecified atom stereocenters. The van der Waals surface area contributed by atoms with Crippen LogP contribution in [0.5, 0.6) is 0 Å². The number of nitrogens with one attached hydrogen (secondary N) is 1. The molecule has 4 rings (SSSR count). The molecule has 1 amide bonds. The molecule has 0 radical (unpaired) electrons. The first-order chi connectivity index (χ1) is 16.0. The highest BCUT2D eigenvalue weighted by Crippen LogP contribution is 2.26. The third kappa shape index (κ3) is 6.44. The average molecular weight is 493 g/mol. The standard InChI is InChI=1S/C22H28N4O5S2/c27-20(23-10-9-17-5-2-1-3-6-17)16-32-22-25-24-21(31-22)18-7-4-8-19(15-18)33(28,29)26-11-13-30-14-12-26/h4-5,7-8,15H,1-3,6,9-14,16H2,(H,23,27). The number of morpholine rings is 1. The van der Waals surface area contributed by atoms with Gasteiger partial charge in [0.05, 0.1) is 23.9 Å². The van der Waals surface area contributed by atoms with E-state index >= 15 is 0 Å². The van der Waals surface area contributed by atoms with Gasteiger partial charge in [-0.05, 0) is 50.3 Å². The molecular formula is C22H28N4O5S2.